The predicted molar refractivity (Wildman–Crippen MR) is 57.1 cm³/mol. The first-order chi connectivity index (χ1) is 7.91. The zero-order chi connectivity index (χ0) is 12.7. The van der Waals surface area contributed by atoms with Crippen molar-refractivity contribution in [3.8, 4) is 0 Å². The van der Waals surface area contributed by atoms with Crippen LogP contribution in [0.5, 0.6) is 0 Å². The number of rotatable bonds is 1. The zero-order valence-corrected chi connectivity index (χ0v) is 9.48. The predicted octanol–water partition coefficient (Wildman–Crippen LogP) is 0.00402. The van der Waals surface area contributed by atoms with Gasteiger partial charge in [-0.1, -0.05) is 0 Å². The van der Waals surface area contributed by atoms with Crippen molar-refractivity contribution in [2.24, 2.45) is 0 Å². The minimum atomic E-state index is -1.20. The minimum Gasteiger partial charge on any atom is -0.388 e. The van der Waals surface area contributed by atoms with Gasteiger partial charge in [0.2, 0.25) is 0 Å². The maximum atomic E-state index is 13.6. The van der Waals surface area contributed by atoms with E-state index in [2.05, 4.69) is 0 Å². The monoisotopic (exact) mass is 243 g/mol. The summed E-state index contributed by atoms with van der Waals surface area (Å²) in [7, 11) is 0. The van der Waals surface area contributed by atoms with Gasteiger partial charge in [-0.15, -0.1) is 0 Å². The van der Waals surface area contributed by atoms with Crippen LogP contribution in [0.3, 0.4) is 0 Å². The van der Waals surface area contributed by atoms with E-state index < -0.39 is 35.9 Å². The molecule has 1 aliphatic heterocycles. The normalized spacial score (nSPS) is 33.0. The molecule has 0 spiro atoms. The Morgan fingerprint density at radius 1 is 1.41 bits per heavy atom. The molecule has 4 atom stereocenters. The molecule has 0 radical (unpaired) electrons. The second-order valence-electron chi connectivity index (χ2n) is 4.29. The number of hydrogen-bond acceptors (Lipinski definition) is 4. The Morgan fingerprint density at radius 3 is 2.59 bits per heavy atom. The Kier molecular flexibility index (Phi) is 3.03. The first-order valence-corrected chi connectivity index (χ1v) is 5.32. The summed E-state index contributed by atoms with van der Waals surface area (Å²) in [6, 6.07) is 1.33. The van der Waals surface area contributed by atoms with Crippen LogP contribution in [0.1, 0.15) is 24.2 Å². The molecule has 94 valence electrons. The SMILES string of the molecule is Cc1cc([C@@H]2O[C@H](C)C(O)[C@@H]2O)c(F)[nH]c1=O. The van der Waals surface area contributed by atoms with E-state index in [9.17, 15) is 19.4 Å². The van der Waals surface area contributed by atoms with Crippen molar-refractivity contribution in [3.05, 3.63) is 33.5 Å². The van der Waals surface area contributed by atoms with Crippen LogP contribution >= 0.6 is 0 Å². The van der Waals surface area contributed by atoms with Gasteiger partial charge in [-0.05, 0) is 19.9 Å². The van der Waals surface area contributed by atoms with E-state index in [1.807, 2.05) is 4.98 Å². The summed E-state index contributed by atoms with van der Waals surface area (Å²) >= 11 is 0. The number of aliphatic hydroxyl groups excluding tert-OH is 2. The lowest BCUT2D eigenvalue weighted by Gasteiger charge is -2.15. The van der Waals surface area contributed by atoms with Gasteiger partial charge in [-0.3, -0.25) is 9.78 Å². The minimum absolute atomic E-state index is 0.0537. The average Bonchev–Trinajstić information content (AvgIpc) is 2.51. The van der Waals surface area contributed by atoms with E-state index in [1.165, 1.54) is 13.0 Å². The fourth-order valence-corrected chi connectivity index (χ4v) is 1.95. The molecule has 1 saturated heterocycles. The number of hydrogen-bond donors (Lipinski definition) is 3. The van der Waals surface area contributed by atoms with Gasteiger partial charge >= 0.3 is 0 Å². The highest BCUT2D eigenvalue weighted by Crippen LogP contribution is 2.34. The molecule has 6 heteroatoms. The molecule has 0 amide bonds. The van der Waals surface area contributed by atoms with Gasteiger partial charge in [0.15, 0.2) is 5.95 Å². The molecule has 1 aliphatic rings. The van der Waals surface area contributed by atoms with Crippen molar-refractivity contribution >= 4 is 0 Å². The van der Waals surface area contributed by atoms with Crippen LogP contribution in [0.2, 0.25) is 0 Å². The van der Waals surface area contributed by atoms with Gasteiger partial charge in [0.05, 0.1) is 6.10 Å². The van der Waals surface area contributed by atoms with Gasteiger partial charge in [0.1, 0.15) is 18.3 Å². The van der Waals surface area contributed by atoms with Crippen LogP contribution in [-0.4, -0.2) is 33.5 Å². The van der Waals surface area contributed by atoms with E-state index in [0.717, 1.165) is 0 Å². The molecular formula is C11H14FNO4. The Labute approximate surface area is 96.9 Å². The van der Waals surface area contributed by atoms with Crippen molar-refractivity contribution in [2.75, 3.05) is 0 Å². The molecule has 17 heavy (non-hydrogen) atoms. The molecule has 0 aromatic carbocycles. The zero-order valence-electron chi connectivity index (χ0n) is 9.48. The number of aliphatic hydroxyl groups is 2. The molecule has 0 saturated carbocycles. The number of aromatic nitrogens is 1. The second-order valence-corrected chi connectivity index (χ2v) is 4.29. The number of halogens is 1. The molecule has 1 unspecified atom stereocenters. The molecule has 1 fully saturated rings. The van der Waals surface area contributed by atoms with Crippen molar-refractivity contribution in [2.45, 2.75) is 38.3 Å². The van der Waals surface area contributed by atoms with Crippen LogP contribution in [-0.2, 0) is 4.74 Å². The van der Waals surface area contributed by atoms with Crippen LogP contribution in [0.15, 0.2) is 10.9 Å². The number of aryl methyl sites for hydroxylation is 1. The Balaban J connectivity index is 2.42. The number of nitrogens with one attached hydrogen (secondary N) is 1. The molecule has 3 N–H and O–H groups in total. The molecular weight excluding hydrogens is 229 g/mol. The van der Waals surface area contributed by atoms with E-state index in [1.54, 1.807) is 6.92 Å². The van der Waals surface area contributed by atoms with Crippen LogP contribution in [0.4, 0.5) is 4.39 Å². The number of aromatic amines is 1. The number of pyridine rings is 1. The topological polar surface area (TPSA) is 82.5 Å². The molecule has 1 aromatic rings. The van der Waals surface area contributed by atoms with Gasteiger partial charge in [-0.2, -0.15) is 4.39 Å². The molecule has 5 nitrogen and oxygen atoms in total. The first kappa shape index (κ1) is 12.2. The summed E-state index contributed by atoms with van der Waals surface area (Å²) in [5.74, 6) is -0.842. The molecule has 0 bridgehead atoms. The fraction of sp³-hybridized carbons (Fsp3) is 0.545. The maximum absolute atomic E-state index is 13.6. The highest BCUT2D eigenvalue weighted by molar-refractivity contribution is 5.23. The van der Waals surface area contributed by atoms with Gasteiger partial charge in [0.25, 0.3) is 5.56 Å². The van der Waals surface area contributed by atoms with E-state index in [4.69, 9.17) is 4.74 Å². The lowest BCUT2D eigenvalue weighted by Crippen LogP contribution is -2.29. The standard InChI is InChI=1S/C11H14FNO4/c1-4-3-6(10(12)13-11(4)16)9-8(15)7(14)5(2)17-9/h3,5,7-9,14-15H,1-2H3,(H,13,16)/t5-,7?,8+,9+/m1/s1. The van der Waals surface area contributed by atoms with Crippen molar-refractivity contribution in [1.82, 2.24) is 4.98 Å². The van der Waals surface area contributed by atoms with E-state index >= 15 is 0 Å². The highest BCUT2D eigenvalue weighted by atomic mass is 19.1. The largest absolute Gasteiger partial charge is 0.388 e. The number of H-pyrrole nitrogens is 1. The summed E-state index contributed by atoms with van der Waals surface area (Å²) < 4.78 is 18.9. The lowest BCUT2D eigenvalue weighted by atomic mass is 10.0. The lowest BCUT2D eigenvalue weighted by molar-refractivity contribution is 0.0125. The smallest absolute Gasteiger partial charge is 0.253 e. The quantitative estimate of drug-likeness (QED) is 0.606. The molecule has 0 aliphatic carbocycles. The van der Waals surface area contributed by atoms with Crippen LogP contribution in [0, 0.1) is 12.9 Å². The van der Waals surface area contributed by atoms with Gasteiger partial charge in [0, 0.05) is 11.1 Å². The fourth-order valence-electron chi connectivity index (χ4n) is 1.95. The Hall–Kier alpha value is -1.24. The summed E-state index contributed by atoms with van der Waals surface area (Å²) in [5, 5.41) is 19.3. The van der Waals surface area contributed by atoms with Crippen molar-refractivity contribution < 1.29 is 19.3 Å². The molecule has 1 aromatic heterocycles. The van der Waals surface area contributed by atoms with E-state index in [0.29, 0.717) is 5.56 Å². The summed E-state index contributed by atoms with van der Waals surface area (Å²) in [4.78, 5) is 13.2. The summed E-state index contributed by atoms with van der Waals surface area (Å²) in [6.07, 6.45) is -3.81. The average molecular weight is 243 g/mol. The van der Waals surface area contributed by atoms with Crippen molar-refractivity contribution in [3.63, 3.8) is 0 Å². The second kappa shape index (κ2) is 4.21. The van der Waals surface area contributed by atoms with Crippen LogP contribution in [0.25, 0.3) is 0 Å². The maximum Gasteiger partial charge on any atom is 0.253 e. The van der Waals surface area contributed by atoms with Gasteiger partial charge in [-0.25, -0.2) is 0 Å². The summed E-state index contributed by atoms with van der Waals surface area (Å²) in [6.45, 7) is 3.12. The number of ether oxygens (including phenoxy) is 1. The van der Waals surface area contributed by atoms with Crippen molar-refractivity contribution in [1.29, 1.82) is 0 Å². The van der Waals surface area contributed by atoms with Gasteiger partial charge < -0.3 is 14.9 Å². The highest BCUT2D eigenvalue weighted by Gasteiger charge is 2.42. The third-order valence-electron chi connectivity index (χ3n) is 3.02. The van der Waals surface area contributed by atoms with E-state index in [-0.39, 0.29) is 5.56 Å². The summed E-state index contributed by atoms with van der Waals surface area (Å²) in [5.41, 5.74) is -0.142. The third-order valence-corrected chi connectivity index (χ3v) is 3.02. The Bertz CT molecular complexity index is 487. The third kappa shape index (κ3) is 1.99. The van der Waals surface area contributed by atoms with Crippen LogP contribution < -0.4 is 5.56 Å². The molecule has 2 heterocycles. The first-order valence-electron chi connectivity index (χ1n) is 5.32. The Morgan fingerprint density at radius 2 is 2.06 bits per heavy atom. The molecule has 2 rings (SSSR count).